The van der Waals surface area contributed by atoms with Crippen LogP contribution in [0.1, 0.15) is 77.7 Å². The van der Waals surface area contributed by atoms with Gasteiger partial charge in [0.15, 0.2) is 6.10 Å². The summed E-state index contributed by atoms with van der Waals surface area (Å²) in [4.78, 5) is 30.1. The number of rotatable bonds is 5. The topological polar surface area (TPSA) is 49.9 Å². The van der Waals surface area contributed by atoms with Crippen LogP contribution in [-0.4, -0.2) is 60.5 Å². The van der Waals surface area contributed by atoms with Crippen molar-refractivity contribution in [1.82, 2.24) is 9.80 Å². The number of fused-ring (bicyclic) bond motifs is 4. The van der Waals surface area contributed by atoms with Crippen molar-refractivity contribution >= 4 is 11.9 Å². The summed E-state index contributed by atoms with van der Waals surface area (Å²) in [7, 11) is 4.27. The van der Waals surface area contributed by atoms with Crippen molar-refractivity contribution < 1.29 is 14.3 Å². The zero-order valence-electron chi connectivity index (χ0n) is 24.7. The average molecular weight is 533 g/mol. The number of carbonyl (C=O) groups is 2. The number of likely N-dealkylation sites (N-methyl/N-ethyl adjacent to an activating group) is 1. The second kappa shape index (κ2) is 10.0. The Morgan fingerprint density at radius 2 is 1.82 bits per heavy atom. The Labute approximate surface area is 235 Å². The number of hydrogen-bond acceptors (Lipinski definition) is 4. The predicted octanol–water partition coefficient (Wildman–Crippen LogP) is 5.88. The van der Waals surface area contributed by atoms with Gasteiger partial charge in [-0.1, -0.05) is 48.9 Å². The molecule has 5 nitrogen and oxygen atoms in total. The quantitative estimate of drug-likeness (QED) is 0.351. The molecule has 4 fully saturated rings. The molecule has 1 aliphatic heterocycles. The molecular formula is C34H48N2O3. The summed E-state index contributed by atoms with van der Waals surface area (Å²) >= 11 is 0. The summed E-state index contributed by atoms with van der Waals surface area (Å²) in [6, 6.07) is 10.8. The van der Waals surface area contributed by atoms with E-state index in [4.69, 9.17) is 4.74 Å². The van der Waals surface area contributed by atoms with Crippen molar-refractivity contribution in [3.05, 3.63) is 47.5 Å². The van der Waals surface area contributed by atoms with Gasteiger partial charge in [-0.05, 0) is 105 Å². The summed E-state index contributed by atoms with van der Waals surface area (Å²) in [6.45, 7) is 7.73. The second-order valence-electron chi connectivity index (χ2n) is 14.0. The molecule has 0 N–H and O–H groups in total. The van der Waals surface area contributed by atoms with Crippen molar-refractivity contribution in [3.63, 3.8) is 0 Å². The molecule has 212 valence electrons. The van der Waals surface area contributed by atoms with E-state index in [-0.39, 0.29) is 17.4 Å². The normalized spacial score (nSPS) is 40.0. The SMILES string of the molecule is CC(=O)O[C@H](Cc1ccccc1)C(=O)N(C)[C@H]1CC[C@@]2(C)C(=CC[C@@H]3C2CC[C@]24CN(C)[C@@H](C)[C@H]2CC[C@@H]34)C1. The highest BCUT2D eigenvalue weighted by Gasteiger charge is 2.64. The molecular weight excluding hydrogens is 484 g/mol. The maximum absolute atomic E-state index is 13.7. The lowest BCUT2D eigenvalue weighted by atomic mass is 9.47. The largest absolute Gasteiger partial charge is 0.452 e. The third kappa shape index (κ3) is 4.38. The van der Waals surface area contributed by atoms with Gasteiger partial charge in [0.1, 0.15) is 0 Å². The number of nitrogens with zero attached hydrogens (tertiary/aromatic N) is 2. The van der Waals surface area contributed by atoms with Gasteiger partial charge in [0.05, 0.1) is 0 Å². The lowest BCUT2D eigenvalue weighted by Crippen LogP contribution is -2.53. The molecule has 3 saturated carbocycles. The van der Waals surface area contributed by atoms with Gasteiger partial charge in [0, 0.05) is 39.0 Å². The van der Waals surface area contributed by atoms with Gasteiger partial charge in [-0.3, -0.25) is 9.59 Å². The van der Waals surface area contributed by atoms with Gasteiger partial charge in [0.25, 0.3) is 5.91 Å². The highest BCUT2D eigenvalue weighted by Crippen LogP contribution is 2.68. The van der Waals surface area contributed by atoms with E-state index in [9.17, 15) is 9.59 Å². The molecule has 39 heavy (non-hydrogen) atoms. The van der Waals surface area contributed by atoms with E-state index in [1.165, 1.54) is 45.6 Å². The number of allylic oxidation sites excluding steroid dienone is 1. The van der Waals surface area contributed by atoms with Crippen LogP contribution in [0.15, 0.2) is 42.0 Å². The Morgan fingerprint density at radius 1 is 1.08 bits per heavy atom. The van der Waals surface area contributed by atoms with E-state index in [1.54, 1.807) is 5.57 Å². The maximum atomic E-state index is 13.7. The Hall–Kier alpha value is -2.14. The molecule has 1 unspecified atom stereocenters. The first-order chi connectivity index (χ1) is 18.6. The Morgan fingerprint density at radius 3 is 2.56 bits per heavy atom. The molecule has 5 aliphatic rings. The third-order valence-electron chi connectivity index (χ3n) is 12.4. The summed E-state index contributed by atoms with van der Waals surface area (Å²) < 4.78 is 5.57. The highest BCUT2D eigenvalue weighted by molar-refractivity contribution is 5.84. The van der Waals surface area contributed by atoms with Crippen LogP contribution in [-0.2, 0) is 20.7 Å². The van der Waals surface area contributed by atoms with Crippen LogP contribution in [0.2, 0.25) is 0 Å². The number of carbonyl (C=O) groups excluding carboxylic acids is 2. The Balaban J connectivity index is 1.17. The van der Waals surface area contributed by atoms with Crippen molar-refractivity contribution in [1.29, 1.82) is 0 Å². The van der Waals surface area contributed by atoms with E-state index in [0.717, 1.165) is 54.5 Å². The average Bonchev–Trinajstić information content (AvgIpc) is 3.40. The van der Waals surface area contributed by atoms with Crippen LogP contribution in [0, 0.1) is 34.5 Å². The molecule has 5 heteroatoms. The molecule has 0 bridgehead atoms. The van der Waals surface area contributed by atoms with Crippen molar-refractivity contribution in [2.45, 2.75) is 96.7 Å². The standard InChI is InChI=1S/C34H48N2O3/c1-22-28-13-14-30-27-12-11-25-20-26(15-17-33(25,3)29(27)16-18-34(28,30)21-35(22)4)36(5)32(38)31(39-23(2)37)19-24-9-7-6-8-10-24/h6-11,22,26-31H,12-21H2,1-5H3/t22-,26-,27+,28+,29?,30-,31+,33-,34-/m0/s1. The van der Waals surface area contributed by atoms with Crippen LogP contribution in [0.4, 0.5) is 0 Å². The van der Waals surface area contributed by atoms with Gasteiger partial charge in [0.2, 0.25) is 0 Å². The zero-order valence-corrected chi connectivity index (χ0v) is 24.7. The second-order valence-corrected chi connectivity index (χ2v) is 14.0. The number of hydrogen-bond donors (Lipinski definition) is 0. The molecule has 1 spiro atoms. The van der Waals surface area contributed by atoms with Gasteiger partial charge < -0.3 is 14.5 Å². The first kappa shape index (κ1) is 27.1. The summed E-state index contributed by atoms with van der Waals surface area (Å²) in [5.41, 5.74) is 3.42. The van der Waals surface area contributed by atoms with Crippen LogP contribution in [0.25, 0.3) is 0 Å². The minimum absolute atomic E-state index is 0.0759. The molecule has 1 aromatic rings. The Kier molecular flexibility index (Phi) is 6.97. The van der Waals surface area contributed by atoms with E-state index in [2.05, 4.69) is 31.9 Å². The predicted molar refractivity (Wildman–Crippen MR) is 154 cm³/mol. The molecule has 4 aliphatic carbocycles. The number of likely N-dealkylation sites (tertiary alicyclic amines) is 1. The van der Waals surface area contributed by atoms with Crippen molar-refractivity contribution in [2.75, 3.05) is 20.6 Å². The summed E-state index contributed by atoms with van der Waals surface area (Å²) in [5, 5.41) is 0. The smallest absolute Gasteiger partial charge is 0.303 e. The fourth-order valence-electron chi connectivity index (χ4n) is 10.4. The monoisotopic (exact) mass is 532 g/mol. The van der Waals surface area contributed by atoms with Gasteiger partial charge in [-0.15, -0.1) is 0 Å². The highest BCUT2D eigenvalue weighted by atomic mass is 16.5. The fourth-order valence-corrected chi connectivity index (χ4v) is 10.4. The maximum Gasteiger partial charge on any atom is 0.303 e. The van der Waals surface area contributed by atoms with Gasteiger partial charge in [-0.2, -0.15) is 0 Å². The van der Waals surface area contributed by atoms with Gasteiger partial charge >= 0.3 is 5.97 Å². The first-order valence-corrected chi connectivity index (χ1v) is 15.5. The fraction of sp³-hybridized carbons (Fsp3) is 0.706. The van der Waals surface area contributed by atoms with Crippen molar-refractivity contribution in [3.8, 4) is 0 Å². The number of benzene rings is 1. The minimum atomic E-state index is -0.773. The molecule has 1 aromatic carbocycles. The molecule has 1 amide bonds. The van der Waals surface area contributed by atoms with E-state index < -0.39 is 12.1 Å². The minimum Gasteiger partial charge on any atom is -0.452 e. The number of ether oxygens (including phenoxy) is 1. The van der Waals surface area contributed by atoms with E-state index >= 15 is 0 Å². The number of esters is 1. The molecule has 1 heterocycles. The molecule has 9 atom stereocenters. The number of amides is 1. The third-order valence-corrected chi connectivity index (χ3v) is 12.4. The Bertz CT molecular complexity index is 1130. The lowest BCUT2D eigenvalue weighted by Gasteiger charge is -2.58. The van der Waals surface area contributed by atoms with E-state index in [0.29, 0.717) is 11.8 Å². The summed E-state index contributed by atoms with van der Waals surface area (Å²) in [5.74, 6) is 2.90. The molecule has 6 rings (SSSR count). The van der Waals surface area contributed by atoms with Crippen LogP contribution in [0.3, 0.4) is 0 Å². The van der Waals surface area contributed by atoms with Crippen LogP contribution in [0.5, 0.6) is 0 Å². The summed E-state index contributed by atoms with van der Waals surface area (Å²) in [6.07, 6.45) is 12.2. The van der Waals surface area contributed by atoms with Crippen LogP contribution < -0.4 is 0 Å². The van der Waals surface area contributed by atoms with Crippen molar-refractivity contribution in [2.24, 2.45) is 34.5 Å². The van der Waals surface area contributed by atoms with Gasteiger partial charge in [-0.25, -0.2) is 0 Å². The molecule has 0 aromatic heterocycles. The molecule has 1 saturated heterocycles. The van der Waals surface area contributed by atoms with E-state index in [1.807, 2.05) is 42.3 Å². The van der Waals surface area contributed by atoms with Crippen LogP contribution >= 0.6 is 0 Å². The lowest BCUT2D eigenvalue weighted by molar-refractivity contribution is -0.159. The molecule has 0 radical (unpaired) electrons. The zero-order chi connectivity index (χ0) is 27.5. The first-order valence-electron chi connectivity index (χ1n) is 15.5.